The van der Waals surface area contributed by atoms with Gasteiger partial charge in [-0.25, -0.2) is 0 Å². The Kier molecular flexibility index (Phi) is 11.3. The number of rotatable bonds is 13. The SMILES string of the molecule is CCCCCCCCCCCCCCN1C=CC=CC1C. The molecule has 0 aromatic heterocycles. The number of hydrogen-bond donors (Lipinski definition) is 0. The van der Waals surface area contributed by atoms with Gasteiger partial charge in [0.15, 0.2) is 0 Å². The second-order valence-electron chi connectivity index (χ2n) is 6.59. The van der Waals surface area contributed by atoms with Crippen molar-refractivity contribution < 1.29 is 0 Å². The fraction of sp³-hybridized carbons (Fsp3) is 0.800. The van der Waals surface area contributed by atoms with E-state index in [4.69, 9.17) is 0 Å². The molecule has 1 heterocycles. The van der Waals surface area contributed by atoms with E-state index < -0.39 is 0 Å². The van der Waals surface area contributed by atoms with E-state index in [1.54, 1.807) is 0 Å². The number of unbranched alkanes of at least 4 members (excludes halogenated alkanes) is 11. The monoisotopic (exact) mass is 291 g/mol. The van der Waals surface area contributed by atoms with Crippen LogP contribution in [-0.4, -0.2) is 17.5 Å². The van der Waals surface area contributed by atoms with Crippen LogP contribution in [0.1, 0.15) is 90.9 Å². The van der Waals surface area contributed by atoms with E-state index in [1.807, 2.05) is 0 Å². The zero-order valence-electron chi connectivity index (χ0n) is 14.5. The predicted octanol–water partition coefficient (Wildman–Crippen LogP) is 6.46. The van der Waals surface area contributed by atoms with Crippen molar-refractivity contribution >= 4 is 0 Å². The lowest BCUT2D eigenvalue weighted by molar-refractivity contribution is 0.322. The number of hydrogen-bond acceptors (Lipinski definition) is 1. The molecule has 1 atom stereocenters. The highest BCUT2D eigenvalue weighted by Gasteiger charge is 2.07. The maximum Gasteiger partial charge on any atom is 0.0442 e. The van der Waals surface area contributed by atoms with Crippen molar-refractivity contribution in [3.63, 3.8) is 0 Å². The van der Waals surface area contributed by atoms with Crippen LogP contribution in [0.15, 0.2) is 24.4 Å². The molecule has 0 aromatic carbocycles. The third-order valence-electron chi connectivity index (χ3n) is 4.57. The van der Waals surface area contributed by atoms with Gasteiger partial charge in [0.2, 0.25) is 0 Å². The van der Waals surface area contributed by atoms with Gasteiger partial charge in [-0.15, -0.1) is 0 Å². The Bertz CT molecular complexity index is 280. The van der Waals surface area contributed by atoms with Gasteiger partial charge in [0, 0.05) is 12.6 Å². The van der Waals surface area contributed by atoms with Crippen LogP contribution in [-0.2, 0) is 0 Å². The van der Waals surface area contributed by atoms with E-state index in [-0.39, 0.29) is 0 Å². The fourth-order valence-electron chi connectivity index (χ4n) is 3.05. The van der Waals surface area contributed by atoms with Crippen LogP contribution in [0.3, 0.4) is 0 Å². The second kappa shape index (κ2) is 13.0. The minimum absolute atomic E-state index is 0.586. The summed E-state index contributed by atoms with van der Waals surface area (Å²) in [5, 5.41) is 0. The van der Waals surface area contributed by atoms with Crippen LogP contribution in [0.4, 0.5) is 0 Å². The molecule has 122 valence electrons. The maximum atomic E-state index is 2.45. The minimum Gasteiger partial charge on any atom is -0.371 e. The lowest BCUT2D eigenvalue weighted by Gasteiger charge is -2.27. The molecular weight excluding hydrogens is 254 g/mol. The van der Waals surface area contributed by atoms with Crippen LogP contribution >= 0.6 is 0 Å². The van der Waals surface area contributed by atoms with Gasteiger partial charge in [-0.3, -0.25) is 0 Å². The summed E-state index contributed by atoms with van der Waals surface area (Å²) < 4.78 is 0. The maximum absolute atomic E-state index is 2.45. The van der Waals surface area contributed by atoms with Crippen molar-refractivity contribution in [1.29, 1.82) is 0 Å². The lowest BCUT2D eigenvalue weighted by Crippen LogP contribution is -2.28. The molecule has 1 aliphatic rings. The highest BCUT2D eigenvalue weighted by atomic mass is 15.1. The van der Waals surface area contributed by atoms with Crippen LogP contribution in [0.2, 0.25) is 0 Å². The van der Waals surface area contributed by atoms with E-state index in [1.165, 1.54) is 83.6 Å². The van der Waals surface area contributed by atoms with E-state index >= 15 is 0 Å². The third kappa shape index (κ3) is 9.77. The van der Waals surface area contributed by atoms with Crippen LogP contribution in [0.25, 0.3) is 0 Å². The molecule has 0 fully saturated rings. The molecule has 1 nitrogen and oxygen atoms in total. The van der Waals surface area contributed by atoms with Gasteiger partial charge in [0.25, 0.3) is 0 Å². The summed E-state index contributed by atoms with van der Waals surface area (Å²) in [7, 11) is 0. The average molecular weight is 292 g/mol. The standard InChI is InChI=1S/C20H37N/c1-3-4-5-6-7-8-9-10-11-12-13-15-18-21-19-16-14-17-20(21)2/h14,16-17,19-20H,3-13,15,18H2,1-2H3. The molecule has 0 radical (unpaired) electrons. The van der Waals surface area contributed by atoms with E-state index in [2.05, 4.69) is 43.2 Å². The molecule has 1 heteroatoms. The molecule has 0 N–H and O–H groups in total. The first kappa shape index (κ1) is 18.3. The second-order valence-corrected chi connectivity index (χ2v) is 6.59. The molecular formula is C20H37N. The van der Waals surface area contributed by atoms with Gasteiger partial charge in [-0.05, 0) is 25.6 Å². The first-order valence-corrected chi connectivity index (χ1v) is 9.45. The zero-order valence-corrected chi connectivity index (χ0v) is 14.5. The normalized spacial score (nSPS) is 17.6. The predicted molar refractivity (Wildman–Crippen MR) is 95.5 cm³/mol. The molecule has 0 aliphatic carbocycles. The quantitative estimate of drug-likeness (QED) is 0.352. The Morgan fingerprint density at radius 3 is 1.76 bits per heavy atom. The largest absolute Gasteiger partial charge is 0.371 e. The van der Waals surface area contributed by atoms with E-state index in [0.29, 0.717) is 6.04 Å². The first-order valence-electron chi connectivity index (χ1n) is 9.45. The van der Waals surface area contributed by atoms with Crippen LogP contribution < -0.4 is 0 Å². The Balaban J connectivity index is 1.79. The van der Waals surface area contributed by atoms with Crippen molar-refractivity contribution in [2.75, 3.05) is 6.54 Å². The molecule has 1 rings (SSSR count). The third-order valence-corrected chi connectivity index (χ3v) is 4.57. The summed E-state index contributed by atoms with van der Waals surface area (Å²) in [5.74, 6) is 0. The van der Waals surface area contributed by atoms with Crippen molar-refractivity contribution in [3.05, 3.63) is 24.4 Å². The van der Waals surface area contributed by atoms with Crippen molar-refractivity contribution in [1.82, 2.24) is 4.90 Å². The molecule has 0 bridgehead atoms. The number of nitrogens with zero attached hydrogens (tertiary/aromatic N) is 1. The molecule has 1 aliphatic heterocycles. The van der Waals surface area contributed by atoms with Crippen molar-refractivity contribution in [2.45, 2.75) is 96.9 Å². The van der Waals surface area contributed by atoms with Gasteiger partial charge in [0.1, 0.15) is 0 Å². The Morgan fingerprint density at radius 2 is 1.24 bits per heavy atom. The van der Waals surface area contributed by atoms with Crippen molar-refractivity contribution in [2.24, 2.45) is 0 Å². The Morgan fingerprint density at radius 1 is 0.714 bits per heavy atom. The van der Waals surface area contributed by atoms with Gasteiger partial charge in [0.05, 0.1) is 0 Å². The highest BCUT2D eigenvalue weighted by Crippen LogP contribution is 2.13. The van der Waals surface area contributed by atoms with Gasteiger partial charge in [-0.2, -0.15) is 0 Å². The summed E-state index contributed by atoms with van der Waals surface area (Å²) in [6, 6.07) is 0.586. The highest BCUT2D eigenvalue weighted by molar-refractivity contribution is 5.11. The summed E-state index contributed by atoms with van der Waals surface area (Å²) >= 11 is 0. The molecule has 0 amide bonds. The van der Waals surface area contributed by atoms with Crippen LogP contribution in [0.5, 0.6) is 0 Å². The average Bonchev–Trinajstić information content (AvgIpc) is 2.50. The van der Waals surface area contributed by atoms with E-state index in [0.717, 1.165) is 0 Å². The minimum atomic E-state index is 0.586. The Labute approximate surface area is 133 Å². The summed E-state index contributed by atoms with van der Waals surface area (Å²) in [4.78, 5) is 2.45. The van der Waals surface area contributed by atoms with Gasteiger partial charge < -0.3 is 4.90 Å². The summed E-state index contributed by atoms with van der Waals surface area (Å²) in [5.41, 5.74) is 0. The van der Waals surface area contributed by atoms with Crippen molar-refractivity contribution in [3.8, 4) is 0 Å². The molecule has 0 saturated heterocycles. The first-order chi connectivity index (χ1) is 10.3. The molecule has 0 aromatic rings. The molecule has 21 heavy (non-hydrogen) atoms. The molecule has 1 unspecified atom stereocenters. The zero-order chi connectivity index (χ0) is 15.2. The van der Waals surface area contributed by atoms with E-state index in [9.17, 15) is 0 Å². The summed E-state index contributed by atoms with van der Waals surface area (Å²) in [6.45, 7) is 5.79. The lowest BCUT2D eigenvalue weighted by atomic mass is 10.1. The molecule has 0 saturated carbocycles. The fourth-order valence-corrected chi connectivity index (χ4v) is 3.05. The molecule has 0 spiro atoms. The smallest absolute Gasteiger partial charge is 0.0442 e. The van der Waals surface area contributed by atoms with Crippen LogP contribution in [0, 0.1) is 0 Å². The number of allylic oxidation sites excluding steroid dienone is 2. The topological polar surface area (TPSA) is 3.24 Å². The Hall–Kier alpha value is -0.720. The van der Waals surface area contributed by atoms with Gasteiger partial charge >= 0.3 is 0 Å². The summed E-state index contributed by atoms with van der Waals surface area (Å²) in [6.07, 6.45) is 26.0. The van der Waals surface area contributed by atoms with Gasteiger partial charge in [-0.1, -0.05) is 89.7 Å².